The Balaban J connectivity index is 0.000000606. The maximum atomic E-state index is 3.79. The summed E-state index contributed by atoms with van der Waals surface area (Å²) >= 11 is 0. The molecule has 0 unspecified atom stereocenters. The third kappa shape index (κ3) is 3.01. The molecule has 0 aliphatic heterocycles. The van der Waals surface area contributed by atoms with Crippen molar-refractivity contribution < 1.29 is 0 Å². The van der Waals surface area contributed by atoms with E-state index in [9.17, 15) is 0 Å². The van der Waals surface area contributed by atoms with Crippen LogP contribution in [-0.2, 0) is 0 Å². The number of benzene rings is 25. The Kier molecular flexibility index (Phi) is 4.57. The van der Waals surface area contributed by atoms with Gasteiger partial charge in [-0.05, 0) is 344 Å². The van der Waals surface area contributed by atoms with E-state index < -0.39 is 0 Å². The van der Waals surface area contributed by atoms with Gasteiger partial charge in [0.25, 0.3) is 0 Å². The van der Waals surface area contributed by atoms with Gasteiger partial charge in [0.2, 0.25) is 0 Å². The Morgan fingerprint density at radius 3 is 0.579 bits per heavy atom. The van der Waals surface area contributed by atoms with Crippen LogP contribution in [0, 0.1) is 6.92 Å². The third-order valence-corrected chi connectivity index (χ3v) is 21.0. The van der Waals surface area contributed by atoms with Crippen LogP contribution in [0.2, 0.25) is 0 Å². The summed E-state index contributed by atoms with van der Waals surface area (Å²) in [5.74, 6) is 0. The van der Waals surface area contributed by atoms with Crippen LogP contribution in [0.15, 0.2) is 146 Å². The molecule has 0 atom stereocenters. The molecule has 0 saturated heterocycles. The fraction of sp³-hybridized carbons (Fsp3) is 0.0135. The number of H-pyrrole nitrogens is 1. The van der Waals surface area contributed by atoms with E-state index in [1.165, 1.54) is 259 Å². The van der Waals surface area contributed by atoms with E-state index in [-0.39, 0.29) is 0 Å². The molecular weight excluding hydrogens is 917 g/mol. The standard InChI is InChI=1S/C70H22.C4H6N2/c1-3-23-11-31-19-35-15-27-7-9-29-17-37-21-33-13-25-5-2-6-26-14-34-22-38-18-30-10-8-28-16-36-20-32-12-24(4-1)39(23)53-45(31)59-49(35)55-41(27)43(29)57-51(37)61-47(33)54(40(25)26)48(34)62-52(38)58-44(30)42(28)56-50(36)60(46(32)53)63(59)69-65(55)67(57)70(64(61)62)68(58)66(56)69;1-4-2-3-5-6-4/h1-22H;2-3H,1H3,(H,5,6). The summed E-state index contributed by atoms with van der Waals surface area (Å²) in [5, 5.41) is 75.8. The molecule has 0 radical (unpaired) electrons. The first-order chi connectivity index (χ1) is 37.6. The zero-order chi connectivity index (χ0) is 47.7. The van der Waals surface area contributed by atoms with Crippen LogP contribution in [0.5, 0.6) is 0 Å². The van der Waals surface area contributed by atoms with Crippen molar-refractivity contribution in [1.29, 1.82) is 0 Å². The average molecular weight is 945 g/mol. The minimum absolute atomic E-state index is 1.04. The second-order valence-electron chi connectivity index (χ2n) is 24.0. The van der Waals surface area contributed by atoms with Gasteiger partial charge in [-0.2, -0.15) is 5.10 Å². The molecule has 2 heteroatoms. The summed E-state index contributed by atoms with van der Waals surface area (Å²) in [6, 6.07) is 56.6. The monoisotopic (exact) mass is 944 g/mol. The van der Waals surface area contributed by atoms with Crippen molar-refractivity contribution in [1.82, 2.24) is 10.2 Å². The topological polar surface area (TPSA) is 28.7 Å². The molecule has 0 amide bonds. The van der Waals surface area contributed by atoms with Crippen molar-refractivity contribution in [2.24, 2.45) is 0 Å². The molecule has 2 nitrogen and oxygen atoms in total. The smallest absolute Gasteiger partial charge is 0.0591 e. The summed E-state index contributed by atoms with van der Waals surface area (Å²) in [4.78, 5) is 0. The van der Waals surface area contributed by atoms with Gasteiger partial charge < -0.3 is 0 Å². The normalized spacial score (nSPS) is 14.4. The Labute approximate surface area is 424 Å². The zero-order valence-electron chi connectivity index (χ0n) is 40.3. The van der Waals surface area contributed by atoms with E-state index in [1.54, 1.807) is 6.20 Å². The van der Waals surface area contributed by atoms with Crippen LogP contribution in [-0.4, -0.2) is 10.2 Å². The van der Waals surface area contributed by atoms with Crippen molar-refractivity contribution in [2.75, 3.05) is 0 Å². The molecule has 0 aliphatic rings. The zero-order valence-corrected chi connectivity index (χ0v) is 40.3. The van der Waals surface area contributed by atoms with E-state index in [0.29, 0.717) is 0 Å². The van der Waals surface area contributed by atoms with Crippen LogP contribution in [0.4, 0.5) is 0 Å². The first kappa shape index (κ1) is 34.5. The molecule has 1 aromatic heterocycles. The van der Waals surface area contributed by atoms with Crippen molar-refractivity contribution >= 4 is 259 Å². The highest BCUT2D eigenvalue weighted by Crippen LogP contribution is 2.68. The molecule has 0 aliphatic carbocycles. The molecule has 0 spiro atoms. The average Bonchev–Trinajstić information content (AvgIpc) is 4.08. The summed E-state index contributed by atoms with van der Waals surface area (Å²) in [6.45, 7) is 1.94. The number of aromatic nitrogens is 2. The van der Waals surface area contributed by atoms with E-state index in [2.05, 4.69) is 144 Å². The quantitative estimate of drug-likeness (QED) is 0.119. The minimum atomic E-state index is 1.04. The summed E-state index contributed by atoms with van der Waals surface area (Å²) in [5.41, 5.74) is 1.04. The number of hydrogen-bond donors (Lipinski definition) is 1. The van der Waals surface area contributed by atoms with Gasteiger partial charge in [-0.15, -0.1) is 0 Å². The molecule has 25 aromatic carbocycles. The number of hydrogen-bond acceptors (Lipinski definition) is 1. The highest BCUT2D eigenvalue weighted by atomic mass is 15.1. The number of aryl methyl sites for hydroxylation is 1. The molecular formula is C74H28N2. The van der Waals surface area contributed by atoms with Crippen molar-refractivity contribution in [3.63, 3.8) is 0 Å². The summed E-state index contributed by atoms with van der Waals surface area (Å²) in [6.07, 6.45) is 1.80. The van der Waals surface area contributed by atoms with Crippen molar-refractivity contribution in [3.05, 3.63) is 151 Å². The fourth-order valence-electron chi connectivity index (χ4n) is 19.0. The van der Waals surface area contributed by atoms with Crippen molar-refractivity contribution in [2.45, 2.75) is 6.92 Å². The first-order valence-electron chi connectivity index (χ1n) is 27.1. The van der Waals surface area contributed by atoms with Crippen LogP contribution in [0.3, 0.4) is 0 Å². The van der Waals surface area contributed by atoms with Gasteiger partial charge in [-0.25, -0.2) is 0 Å². The van der Waals surface area contributed by atoms with Gasteiger partial charge >= 0.3 is 0 Å². The molecule has 0 fully saturated rings. The maximum Gasteiger partial charge on any atom is 0.0591 e. The van der Waals surface area contributed by atoms with E-state index >= 15 is 0 Å². The molecule has 0 saturated carbocycles. The van der Waals surface area contributed by atoms with E-state index in [0.717, 1.165) is 5.69 Å². The Morgan fingerprint density at radius 1 is 0.197 bits per heavy atom. The molecule has 0 bridgehead atoms. The lowest BCUT2D eigenvalue weighted by Gasteiger charge is -2.34. The lowest BCUT2D eigenvalue weighted by atomic mass is 9.68. The Hall–Kier alpha value is -9.89. The number of nitrogens with one attached hydrogen (secondary N) is 1. The Bertz CT molecular complexity index is 6230. The molecule has 1 heterocycles. The van der Waals surface area contributed by atoms with Gasteiger partial charge in [0.1, 0.15) is 0 Å². The third-order valence-electron chi connectivity index (χ3n) is 21.0. The van der Waals surface area contributed by atoms with Gasteiger partial charge in [0.05, 0.1) is 5.69 Å². The van der Waals surface area contributed by atoms with Gasteiger partial charge in [-0.1, -0.05) is 60.7 Å². The molecule has 334 valence electrons. The maximum absolute atomic E-state index is 3.79. The lowest BCUT2D eigenvalue weighted by Crippen LogP contribution is -2.05. The predicted molar refractivity (Wildman–Crippen MR) is 329 cm³/mol. The van der Waals surface area contributed by atoms with Crippen LogP contribution < -0.4 is 0 Å². The summed E-state index contributed by atoms with van der Waals surface area (Å²) in [7, 11) is 0. The highest BCUT2D eigenvalue weighted by molar-refractivity contribution is 6.70. The van der Waals surface area contributed by atoms with Crippen LogP contribution in [0.1, 0.15) is 5.69 Å². The van der Waals surface area contributed by atoms with Gasteiger partial charge in [-0.3, -0.25) is 5.10 Å². The number of rotatable bonds is 0. The lowest BCUT2D eigenvalue weighted by molar-refractivity contribution is 1.05. The van der Waals surface area contributed by atoms with Crippen LogP contribution >= 0.6 is 0 Å². The van der Waals surface area contributed by atoms with Crippen molar-refractivity contribution in [3.8, 4) is 0 Å². The Morgan fingerprint density at radius 2 is 0.382 bits per heavy atom. The minimum Gasteiger partial charge on any atom is -0.285 e. The highest BCUT2D eigenvalue weighted by Gasteiger charge is 2.38. The SMILES string of the molecule is Cc1cc[nH]n1.c1cc2cc3cc4cc5ccc6cc7cc8cc9cccc%10cc%11cc%12cc%13ccc%14cc%15cc%16cc(c1)c2c1c3c2c4c3c5c6c4c7c5c8c(c9%10)c%11c6c%12c7c%13c%14c8c%15c(c%161)c2c1c3c4c(c56)c7c81. The van der Waals surface area contributed by atoms with Gasteiger partial charge in [0, 0.05) is 6.20 Å². The largest absolute Gasteiger partial charge is 0.285 e. The van der Waals surface area contributed by atoms with E-state index in [4.69, 9.17) is 0 Å². The van der Waals surface area contributed by atoms with E-state index in [1.807, 2.05) is 13.0 Å². The molecule has 26 aromatic rings. The second-order valence-corrected chi connectivity index (χ2v) is 24.0. The van der Waals surface area contributed by atoms with Gasteiger partial charge in [0.15, 0.2) is 0 Å². The molecule has 76 heavy (non-hydrogen) atoms. The molecule has 1 N–H and O–H groups in total. The first-order valence-corrected chi connectivity index (χ1v) is 27.1. The summed E-state index contributed by atoms with van der Waals surface area (Å²) < 4.78 is 0. The fourth-order valence-corrected chi connectivity index (χ4v) is 19.0. The number of nitrogens with zero attached hydrogens (tertiary/aromatic N) is 1. The molecule has 26 rings (SSSR count). The number of aromatic amines is 1. The predicted octanol–water partition coefficient (Wildman–Crippen LogP) is 21.1. The second kappa shape index (κ2) is 10.1. The van der Waals surface area contributed by atoms with Crippen LogP contribution in [0.25, 0.3) is 259 Å².